The van der Waals surface area contributed by atoms with Crippen LogP contribution in [-0.4, -0.2) is 19.2 Å². The van der Waals surface area contributed by atoms with E-state index in [2.05, 4.69) is 10.5 Å². The topological polar surface area (TPSA) is 50.7 Å². The monoisotopic (exact) mass is 322 g/mol. The fourth-order valence-corrected chi connectivity index (χ4v) is 1.76. The lowest BCUT2D eigenvalue weighted by Crippen LogP contribution is -2.18. The highest BCUT2D eigenvalue weighted by molar-refractivity contribution is 5.95. The zero-order valence-corrected chi connectivity index (χ0v) is 12.1. The highest BCUT2D eigenvalue weighted by Gasteiger charge is 2.30. The largest absolute Gasteiger partial charge is 0.497 e. The molecule has 120 valence electrons. The zero-order valence-electron chi connectivity index (χ0n) is 12.1. The summed E-state index contributed by atoms with van der Waals surface area (Å²) in [4.78, 5) is 11.8. The predicted molar refractivity (Wildman–Crippen MR) is 79.5 cm³/mol. The smallest absolute Gasteiger partial charge is 0.416 e. The third-order valence-corrected chi connectivity index (χ3v) is 2.95. The number of methoxy groups -OCH3 is 1. The van der Waals surface area contributed by atoms with Gasteiger partial charge in [0.2, 0.25) is 0 Å². The molecule has 2 rings (SSSR count). The van der Waals surface area contributed by atoms with Crippen LogP contribution in [0.4, 0.5) is 13.2 Å². The average molecular weight is 322 g/mol. The van der Waals surface area contributed by atoms with Crippen LogP contribution in [-0.2, 0) is 6.18 Å². The summed E-state index contributed by atoms with van der Waals surface area (Å²) in [5, 5.41) is 3.72. The Kier molecular flexibility index (Phi) is 5.00. The molecule has 2 aromatic carbocycles. The van der Waals surface area contributed by atoms with E-state index in [1.807, 2.05) is 0 Å². The Morgan fingerprint density at radius 1 is 1.17 bits per heavy atom. The van der Waals surface area contributed by atoms with E-state index in [4.69, 9.17) is 4.74 Å². The molecule has 0 aromatic heterocycles. The number of benzene rings is 2. The van der Waals surface area contributed by atoms with Crippen molar-refractivity contribution < 1.29 is 22.7 Å². The van der Waals surface area contributed by atoms with Crippen LogP contribution in [0, 0.1) is 0 Å². The zero-order chi connectivity index (χ0) is 16.9. The van der Waals surface area contributed by atoms with Gasteiger partial charge in [-0.3, -0.25) is 4.79 Å². The lowest BCUT2D eigenvalue weighted by Gasteiger charge is -2.07. The Bertz CT molecular complexity index is 710. The number of amides is 1. The minimum Gasteiger partial charge on any atom is -0.497 e. The van der Waals surface area contributed by atoms with Gasteiger partial charge in [-0.25, -0.2) is 5.43 Å². The second-order valence-corrected chi connectivity index (χ2v) is 4.55. The molecule has 0 atom stereocenters. The predicted octanol–water partition coefficient (Wildman–Crippen LogP) is 3.48. The van der Waals surface area contributed by atoms with Crippen LogP contribution >= 0.6 is 0 Å². The first-order chi connectivity index (χ1) is 10.9. The molecule has 0 radical (unpaired) electrons. The molecule has 0 unspecified atom stereocenters. The van der Waals surface area contributed by atoms with E-state index in [9.17, 15) is 18.0 Å². The number of hydrogen-bond acceptors (Lipinski definition) is 3. The Balaban J connectivity index is 2.03. The number of nitrogens with zero attached hydrogens (tertiary/aromatic N) is 1. The van der Waals surface area contributed by atoms with Gasteiger partial charge in [0, 0.05) is 5.56 Å². The maximum absolute atomic E-state index is 12.6. The number of nitrogens with one attached hydrogen (secondary N) is 1. The van der Waals surface area contributed by atoms with Crippen molar-refractivity contribution in [1.82, 2.24) is 5.43 Å². The molecule has 7 heteroatoms. The molecule has 4 nitrogen and oxygen atoms in total. The summed E-state index contributed by atoms with van der Waals surface area (Å²) in [6.45, 7) is 0. The fraction of sp³-hybridized carbons (Fsp3) is 0.125. The maximum Gasteiger partial charge on any atom is 0.416 e. The van der Waals surface area contributed by atoms with Crippen molar-refractivity contribution in [1.29, 1.82) is 0 Å². The van der Waals surface area contributed by atoms with Crippen LogP contribution < -0.4 is 10.2 Å². The normalized spacial score (nSPS) is 11.5. The number of hydrazone groups is 1. The summed E-state index contributed by atoms with van der Waals surface area (Å²) in [6, 6.07) is 11.0. The van der Waals surface area contributed by atoms with Gasteiger partial charge < -0.3 is 4.74 Å². The first-order valence-corrected chi connectivity index (χ1v) is 6.55. The Morgan fingerprint density at radius 3 is 2.48 bits per heavy atom. The number of ether oxygens (including phenoxy) is 1. The van der Waals surface area contributed by atoms with Crippen molar-refractivity contribution in [3.8, 4) is 5.75 Å². The van der Waals surface area contributed by atoms with E-state index in [-0.39, 0.29) is 5.56 Å². The quantitative estimate of drug-likeness (QED) is 0.692. The second-order valence-electron chi connectivity index (χ2n) is 4.55. The van der Waals surface area contributed by atoms with E-state index in [0.717, 1.165) is 12.1 Å². The number of carbonyl (C=O) groups is 1. The van der Waals surface area contributed by atoms with Crippen LogP contribution in [0.1, 0.15) is 21.5 Å². The fourth-order valence-electron chi connectivity index (χ4n) is 1.76. The number of hydrogen-bond donors (Lipinski definition) is 1. The van der Waals surface area contributed by atoms with Crippen LogP contribution in [0.2, 0.25) is 0 Å². The standard InChI is InChI=1S/C16H13F3N2O2/c1-23-14-7-5-11(6-8-14)10-20-21-15(22)12-3-2-4-13(9-12)16(17,18)19/h2-10H,1H3,(H,21,22). The highest BCUT2D eigenvalue weighted by atomic mass is 19.4. The minimum atomic E-state index is -4.50. The van der Waals surface area contributed by atoms with Crippen molar-refractivity contribution in [2.24, 2.45) is 5.10 Å². The molecule has 0 aliphatic rings. The van der Waals surface area contributed by atoms with Gasteiger partial charge in [0.05, 0.1) is 18.9 Å². The number of alkyl halides is 3. The molecule has 0 spiro atoms. The van der Waals surface area contributed by atoms with Crippen molar-refractivity contribution in [2.45, 2.75) is 6.18 Å². The summed E-state index contributed by atoms with van der Waals surface area (Å²) < 4.78 is 42.8. The Labute approximate surface area is 130 Å². The summed E-state index contributed by atoms with van der Waals surface area (Å²) in [5.41, 5.74) is 1.89. The van der Waals surface area contributed by atoms with E-state index >= 15 is 0 Å². The van der Waals surface area contributed by atoms with Crippen LogP contribution in [0.25, 0.3) is 0 Å². The van der Waals surface area contributed by atoms with E-state index < -0.39 is 17.6 Å². The first-order valence-electron chi connectivity index (χ1n) is 6.55. The van der Waals surface area contributed by atoms with Gasteiger partial charge in [0.25, 0.3) is 5.91 Å². The molecule has 0 fully saturated rings. The van der Waals surface area contributed by atoms with E-state index in [1.54, 1.807) is 31.4 Å². The molecular formula is C16H13F3N2O2. The molecule has 0 saturated heterocycles. The molecule has 23 heavy (non-hydrogen) atoms. The molecular weight excluding hydrogens is 309 g/mol. The number of rotatable bonds is 4. The highest BCUT2D eigenvalue weighted by Crippen LogP contribution is 2.29. The van der Waals surface area contributed by atoms with Crippen molar-refractivity contribution >= 4 is 12.1 Å². The summed E-state index contributed by atoms with van der Waals surface area (Å²) in [6.07, 6.45) is -3.12. The van der Waals surface area contributed by atoms with Gasteiger partial charge >= 0.3 is 6.18 Å². The second kappa shape index (κ2) is 6.95. The number of halogens is 3. The maximum atomic E-state index is 12.6. The van der Waals surface area contributed by atoms with Gasteiger partial charge in [0.1, 0.15) is 5.75 Å². The van der Waals surface area contributed by atoms with E-state index in [0.29, 0.717) is 11.3 Å². The number of carbonyl (C=O) groups excluding carboxylic acids is 1. The molecule has 0 heterocycles. The van der Waals surface area contributed by atoms with Gasteiger partial charge in [-0.15, -0.1) is 0 Å². The van der Waals surface area contributed by atoms with Crippen molar-refractivity contribution in [2.75, 3.05) is 7.11 Å². The third-order valence-electron chi connectivity index (χ3n) is 2.95. The lowest BCUT2D eigenvalue weighted by molar-refractivity contribution is -0.137. The molecule has 2 aromatic rings. The third kappa shape index (κ3) is 4.57. The van der Waals surface area contributed by atoms with Crippen LogP contribution in [0.3, 0.4) is 0 Å². The SMILES string of the molecule is COc1ccc(C=NNC(=O)c2cccc(C(F)(F)F)c2)cc1. The van der Waals surface area contributed by atoms with Crippen LogP contribution in [0.15, 0.2) is 53.6 Å². The van der Waals surface area contributed by atoms with Crippen molar-refractivity contribution in [3.63, 3.8) is 0 Å². The van der Waals surface area contributed by atoms with Crippen LogP contribution in [0.5, 0.6) is 5.75 Å². The average Bonchev–Trinajstić information content (AvgIpc) is 2.54. The van der Waals surface area contributed by atoms with Gasteiger partial charge in [-0.05, 0) is 48.0 Å². The molecule has 0 aliphatic carbocycles. The van der Waals surface area contributed by atoms with Gasteiger partial charge in [-0.1, -0.05) is 6.07 Å². The Hall–Kier alpha value is -2.83. The molecule has 1 amide bonds. The summed E-state index contributed by atoms with van der Waals surface area (Å²) in [5.74, 6) is -0.0454. The molecule has 1 N–H and O–H groups in total. The summed E-state index contributed by atoms with van der Waals surface area (Å²) >= 11 is 0. The molecule has 0 bridgehead atoms. The van der Waals surface area contributed by atoms with Gasteiger partial charge in [-0.2, -0.15) is 18.3 Å². The van der Waals surface area contributed by atoms with Gasteiger partial charge in [0.15, 0.2) is 0 Å². The van der Waals surface area contributed by atoms with E-state index in [1.165, 1.54) is 18.3 Å². The Morgan fingerprint density at radius 2 is 1.87 bits per heavy atom. The lowest BCUT2D eigenvalue weighted by atomic mass is 10.1. The molecule has 0 saturated carbocycles. The van der Waals surface area contributed by atoms with Crippen molar-refractivity contribution in [3.05, 3.63) is 65.2 Å². The molecule has 0 aliphatic heterocycles. The summed E-state index contributed by atoms with van der Waals surface area (Å²) in [7, 11) is 1.54. The minimum absolute atomic E-state index is 0.119. The first kappa shape index (κ1) is 16.5.